The minimum Gasteiger partial charge on any atom is -0.378 e. The van der Waals surface area contributed by atoms with Gasteiger partial charge in [0, 0.05) is 23.8 Å². The van der Waals surface area contributed by atoms with E-state index >= 15 is 0 Å². The fraction of sp³-hybridized carbons (Fsp3) is 0.929. The number of amidine groups is 1. The molecule has 1 aliphatic carbocycles. The fourth-order valence-electron chi connectivity index (χ4n) is 2.52. The molecule has 0 radical (unpaired) electrons. The molecule has 0 amide bonds. The van der Waals surface area contributed by atoms with Gasteiger partial charge in [-0.3, -0.25) is 4.99 Å². The van der Waals surface area contributed by atoms with Crippen LogP contribution in [0.1, 0.15) is 41.0 Å². The fourth-order valence-corrected chi connectivity index (χ4v) is 3.70. The van der Waals surface area contributed by atoms with E-state index in [1.54, 1.807) is 0 Å². The van der Waals surface area contributed by atoms with E-state index in [1.807, 2.05) is 11.8 Å². The molecule has 4 heteroatoms. The molecule has 1 heterocycles. The number of thioether (sulfide) groups is 1. The maximum atomic E-state index is 5.75. The van der Waals surface area contributed by atoms with Crippen LogP contribution in [-0.2, 0) is 4.74 Å². The molecular formula is C14H26N2OS. The molecule has 0 aromatic carbocycles. The molecule has 1 aliphatic heterocycles. The largest absolute Gasteiger partial charge is 0.378 e. The van der Waals surface area contributed by atoms with Crippen LogP contribution in [0.25, 0.3) is 0 Å². The molecule has 2 rings (SSSR count). The van der Waals surface area contributed by atoms with Gasteiger partial charge in [0.05, 0.1) is 12.1 Å². The monoisotopic (exact) mass is 270 g/mol. The van der Waals surface area contributed by atoms with Crippen molar-refractivity contribution in [3.05, 3.63) is 0 Å². The zero-order chi connectivity index (χ0) is 13.3. The van der Waals surface area contributed by atoms with Crippen molar-refractivity contribution in [3.63, 3.8) is 0 Å². The van der Waals surface area contributed by atoms with Crippen LogP contribution < -0.4 is 5.32 Å². The van der Waals surface area contributed by atoms with Crippen molar-refractivity contribution < 1.29 is 4.74 Å². The summed E-state index contributed by atoms with van der Waals surface area (Å²) in [5.41, 5.74) is 0.178. The van der Waals surface area contributed by atoms with Crippen LogP contribution in [0.5, 0.6) is 0 Å². The van der Waals surface area contributed by atoms with Gasteiger partial charge in [0.15, 0.2) is 5.17 Å². The van der Waals surface area contributed by atoms with Gasteiger partial charge in [0.25, 0.3) is 0 Å². The first-order valence-electron chi connectivity index (χ1n) is 7.03. The summed E-state index contributed by atoms with van der Waals surface area (Å²) in [6.07, 6.45) is 1.44. The predicted molar refractivity (Wildman–Crippen MR) is 79.3 cm³/mol. The van der Waals surface area contributed by atoms with Crippen LogP contribution in [0.15, 0.2) is 4.99 Å². The number of hydrogen-bond donors (Lipinski definition) is 1. The molecule has 0 spiro atoms. The van der Waals surface area contributed by atoms with E-state index in [0.717, 1.165) is 24.1 Å². The summed E-state index contributed by atoms with van der Waals surface area (Å²) in [7, 11) is 0. The molecule has 18 heavy (non-hydrogen) atoms. The lowest BCUT2D eigenvalue weighted by Crippen LogP contribution is -2.54. The third-order valence-corrected chi connectivity index (χ3v) is 5.64. The predicted octanol–water partition coefficient (Wildman–Crippen LogP) is 2.91. The van der Waals surface area contributed by atoms with E-state index < -0.39 is 0 Å². The highest BCUT2D eigenvalue weighted by Gasteiger charge is 2.49. The number of aliphatic imine (C=N–C) groups is 1. The van der Waals surface area contributed by atoms with E-state index in [0.29, 0.717) is 18.2 Å². The summed E-state index contributed by atoms with van der Waals surface area (Å²) in [4.78, 5) is 4.90. The first kappa shape index (κ1) is 14.2. The summed E-state index contributed by atoms with van der Waals surface area (Å²) >= 11 is 1.87. The van der Waals surface area contributed by atoms with Gasteiger partial charge < -0.3 is 10.1 Å². The van der Waals surface area contributed by atoms with Gasteiger partial charge in [-0.2, -0.15) is 0 Å². The third kappa shape index (κ3) is 2.69. The Kier molecular flexibility index (Phi) is 4.27. The maximum absolute atomic E-state index is 5.75. The SMILES string of the molecule is CCOC1CC(N=C2NC(C)C(C)CS2)C1(C)C. The number of rotatable bonds is 3. The van der Waals surface area contributed by atoms with Crippen LogP contribution in [0.4, 0.5) is 0 Å². The first-order chi connectivity index (χ1) is 8.45. The van der Waals surface area contributed by atoms with Crippen molar-refractivity contribution in [2.75, 3.05) is 12.4 Å². The Labute approximate surface area is 115 Å². The van der Waals surface area contributed by atoms with Gasteiger partial charge in [0.1, 0.15) is 0 Å². The van der Waals surface area contributed by atoms with Gasteiger partial charge in [-0.25, -0.2) is 0 Å². The minimum atomic E-state index is 0.178. The Morgan fingerprint density at radius 3 is 2.72 bits per heavy atom. The Hall–Kier alpha value is -0.220. The molecular weight excluding hydrogens is 244 g/mol. The Morgan fingerprint density at radius 2 is 2.17 bits per heavy atom. The van der Waals surface area contributed by atoms with Crippen molar-refractivity contribution in [2.45, 2.75) is 59.2 Å². The summed E-state index contributed by atoms with van der Waals surface area (Å²) in [5, 5.41) is 4.65. The van der Waals surface area contributed by atoms with Crippen molar-refractivity contribution in [3.8, 4) is 0 Å². The Bertz CT molecular complexity index is 330. The van der Waals surface area contributed by atoms with E-state index in [2.05, 4.69) is 39.9 Å². The standard InChI is InChI=1S/C14H26N2OS/c1-6-17-12-7-11(14(12,4)5)16-13-15-10(3)9(2)8-18-13/h9-12H,6-8H2,1-5H3,(H,15,16). The highest BCUT2D eigenvalue weighted by atomic mass is 32.2. The highest BCUT2D eigenvalue weighted by molar-refractivity contribution is 8.13. The van der Waals surface area contributed by atoms with E-state index in [1.165, 1.54) is 5.75 Å². The smallest absolute Gasteiger partial charge is 0.157 e. The summed E-state index contributed by atoms with van der Waals surface area (Å²) < 4.78 is 5.75. The van der Waals surface area contributed by atoms with Gasteiger partial charge in [-0.05, 0) is 26.2 Å². The average molecular weight is 270 g/mol. The molecule has 4 unspecified atom stereocenters. The summed E-state index contributed by atoms with van der Waals surface area (Å²) in [6.45, 7) is 11.9. The highest BCUT2D eigenvalue weighted by Crippen LogP contribution is 2.45. The second kappa shape index (κ2) is 5.41. The molecule has 1 N–H and O–H groups in total. The van der Waals surface area contributed by atoms with Crippen molar-refractivity contribution in [2.24, 2.45) is 16.3 Å². The number of ether oxygens (including phenoxy) is 1. The quantitative estimate of drug-likeness (QED) is 0.856. The molecule has 1 saturated carbocycles. The molecule has 4 atom stereocenters. The van der Waals surface area contributed by atoms with Crippen LogP contribution in [0.3, 0.4) is 0 Å². The minimum absolute atomic E-state index is 0.178. The van der Waals surface area contributed by atoms with Gasteiger partial charge in [-0.1, -0.05) is 32.5 Å². The topological polar surface area (TPSA) is 33.6 Å². The van der Waals surface area contributed by atoms with Crippen molar-refractivity contribution in [1.29, 1.82) is 0 Å². The van der Waals surface area contributed by atoms with Crippen LogP contribution in [0, 0.1) is 11.3 Å². The lowest BCUT2D eigenvalue weighted by Gasteiger charge is -2.49. The lowest BCUT2D eigenvalue weighted by atomic mass is 9.65. The van der Waals surface area contributed by atoms with E-state index in [4.69, 9.17) is 9.73 Å². The van der Waals surface area contributed by atoms with E-state index in [9.17, 15) is 0 Å². The molecule has 0 aromatic heterocycles. The summed E-state index contributed by atoms with van der Waals surface area (Å²) in [6, 6.07) is 0.945. The summed E-state index contributed by atoms with van der Waals surface area (Å²) in [5.74, 6) is 1.90. The Balaban J connectivity index is 1.94. The molecule has 0 bridgehead atoms. The zero-order valence-corrected chi connectivity index (χ0v) is 13.0. The molecule has 2 fully saturated rings. The van der Waals surface area contributed by atoms with Crippen LogP contribution >= 0.6 is 11.8 Å². The molecule has 2 aliphatic rings. The number of nitrogens with zero attached hydrogens (tertiary/aromatic N) is 1. The Morgan fingerprint density at radius 1 is 1.44 bits per heavy atom. The van der Waals surface area contributed by atoms with Crippen molar-refractivity contribution in [1.82, 2.24) is 5.32 Å². The van der Waals surface area contributed by atoms with Crippen LogP contribution in [-0.4, -0.2) is 35.7 Å². The zero-order valence-electron chi connectivity index (χ0n) is 12.2. The maximum Gasteiger partial charge on any atom is 0.157 e. The second-order valence-electron chi connectivity index (χ2n) is 6.17. The average Bonchev–Trinajstić information content (AvgIpc) is 2.32. The molecule has 3 nitrogen and oxygen atoms in total. The van der Waals surface area contributed by atoms with Crippen LogP contribution in [0.2, 0.25) is 0 Å². The number of hydrogen-bond acceptors (Lipinski definition) is 3. The molecule has 0 aromatic rings. The second-order valence-corrected chi connectivity index (χ2v) is 7.18. The van der Waals surface area contributed by atoms with Gasteiger partial charge in [0.2, 0.25) is 0 Å². The van der Waals surface area contributed by atoms with Gasteiger partial charge >= 0.3 is 0 Å². The normalized spacial score (nSPS) is 41.3. The van der Waals surface area contributed by atoms with Gasteiger partial charge in [-0.15, -0.1) is 0 Å². The number of nitrogens with one attached hydrogen (secondary N) is 1. The molecule has 104 valence electrons. The molecule has 1 saturated heterocycles. The first-order valence-corrected chi connectivity index (χ1v) is 8.02. The third-order valence-electron chi connectivity index (χ3n) is 4.45. The lowest BCUT2D eigenvalue weighted by molar-refractivity contribution is -0.103. The van der Waals surface area contributed by atoms with Crippen molar-refractivity contribution >= 4 is 16.9 Å². The van der Waals surface area contributed by atoms with E-state index in [-0.39, 0.29) is 5.41 Å².